The topological polar surface area (TPSA) is 15.3 Å². The van der Waals surface area contributed by atoms with Crippen LogP contribution in [0.5, 0.6) is 0 Å². The van der Waals surface area contributed by atoms with E-state index in [2.05, 4.69) is 61.4 Å². The molecule has 0 radical (unpaired) electrons. The third-order valence-electron chi connectivity index (χ3n) is 4.12. The predicted molar refractivity (Wildman–Crippen MR) is 77.7 cm³/mol. The van der Waals surface area contributed by atoms with E-state index in [-0.39, 0.29) is 0 Å². The summed E-state index contributed by atoms with van der Waals surface area (Å²) in [7, 11) is 2.26. The Kier molecular flexibility index (Phi) is 4.79. The normalized spacial score (nSPS) is 18.9. The Labute approximate surface area is 111 Å². The summed E-state index contributed by atoms with van der Waals surface area (Å²) < 4.78 is 0. The molecule has 0 aromatic heterocycles. The van der Waals surface area contributed by atoms with Gasteiger partial charge in [-0.1, -0.05) is 37.3 Å². The molecule has 0 saturated heterocycles. The first-order valence-corrected chi connectivity index (χ1v) is 7.21. The van der Waals surface area contributed by atoms with Gasteiger partial charge in [-0.2, -0.15) is 0 Å². The average Bonchev–Trinajstić information content (AvgIpc) is 3.22. The van der Waals surface area contributed by atoms with Crippen molar-refractivity contribution in [2.45, 2.75) is 38.8 Å². The predicted octanol–water partition coefficient (Wildman–Crippen LogP) is 3.07. The van der Waals surface area contributed by atoms with Gasteiger partial charge in [-0.25, -0.2) is 0 Å². The van der Waals surface area contributed by atoms with E-state index >= 15 is 0 Å². The summed E-state index contributed by atoms with van der Waals surface area (Å²) in [6, 6.07) is 12.0. The lowest BCUT2D eigenvalue weighted by atomic mass is 10.1. The lowest BCUT2D eigenvalue weighted by Crippen LogP contribution is -2.38. The van der Waals surface area contributed by atoms with Crippen molar-refractivity contribution >= 4 is 0 Å². The first kappa shape index (κ1) is 13.6. The Bertz CT molecular complexity index is 345. The van der Waals surface area contributed by atoms with Gasteiger partial charge < -0.3 is 10.2 Å². The third-order valence-corrected chi connectivity index (χ3v) is 4.12. The fourth-order valence-electron chi connectivity index (χ4n) is 2.61. The van der Waals surface area contributed by atoms with E-state index in [0.29, 0.717) is 6.04 Å². The standard InChI is InChI=1S/C16H26N2/c1-4-17-16(15-8-6-5-7-9-15)12-18(3)13(2)14-10-11-14/h5-9,13-14,16-17H,4,10-12H2,1-3H3. The second-order valence-electron chi connectivity index (χ2n) is 5.54. The van der Waals surface area contributed by atoms with Crippen LogP contribution in [0.3, 0.4) is 0 Å². The molecule has 2 nitrogen and oxygen atoms in total. The number of hydrogen-bond donors (Lipinski definition) is 1. The lowest BCUT2D eigenvalue weighted by Gasteiger charge is -2.30. The van der Waals surface area contributed by atoms with E-state index in [0.717, 1.165) is 25.0 Å². The molecule has 18 heavy (non-hydrogen) atoms. The first-order valence-electron chi connectivity index (χ1n) is 7.21. The van der Waals surface area contributed by atoms with Crippen LogP contribution in [-0.4, -0.2) is 31.1 Å². The Hall–Kier alpha value is -0.860. The smallest absolute Gasteiger partial charge is 0.0449 e. The molecule has 0 aliphatic heterocycles. The summed E-state index contributed by atoms with van der Waals surface area (Å²) in [6.07, 6.45) is 2.84. The molecule has 1 aromatic rings. The highest BCUT2D eigenvalue weighted by atomic mass is 15.2. The lowest BCUT2D eigenvalue weighted by molar-refractivity contribution is 0.210. The molecule has 2 unspecified atom stereocenters. The molecule has 0 bridgehead atoms. The van der Waals surface area contributed by atoms with Crippen molar-refractivity contribution in [3.8, 4) is 0 Å². The zero-order chi connectivity index (χ0) is 13.0. The van der Waals surface area contributed by atoms with Crippen molar-refractivity contribution in [3.63, 3.8) is 0 Å². The van der Waals surface area contributed by atoms with Crippen LogP contribution in [0.4, 0.5) is 0 Å². The largest absolute Gasteiger partial charge is 0.309 e. The zero-order valence-electron chi connectivity index (χ0n) is 11.9. The van der Waals surface area contributed by atoms with E-state index < -0.39 is 0 Å². The minimum Gasteiger partial charge on any atom is -0.309 e. The van der Waals surface area contributed by atoms with E-state index in [1.54, 1.807) is 0 Å². The van der Waals surface area contributed by atoms with Gasteiger partial charge in [0.15, 0.2) is 0 Å². The van der Waals surface area contributed by atoms with Crippen LogP contribution in [0.15, 0.2) is 30.3 Å². The van der Waals surface area contributed by atoms with Crippen molar-refractivity contribution < 1.29 is 0 Å². The Morgan fingerprint density at radius 2 is 1.94 bits per heavy atom. The van der Waals surface area contributed by atoms with Crippen LogP contribution in [0, 0.1) is 5.92 Å². The molecule has 2 rings (SSSR count). The highest BCUT2D eigenvalue weighted by Gasteiger charge is 2.31. The van der Waals surface area contributed by atoms with Crippen molar-refractivity contribution in [1.82, 2.24) is 10.2 Å². The van der Waals surface area contributed by atoms with Gasteiger partial charge in [-0.05, 0) is 44.8 Å². The van der Waals surface area contributed by atoms with Gasteiger partial charge in [0.05, 0.1) is 0 Å². The van der Waals surface area contributed by atoms with E-state index in [1.165, 1.54) is 18.4 Å². The molecule has 1 saturated carbocycles. The highest BCUT2D eigenvalue weighted by molar-refractivity contribution is 5.19. The molecule has 0 heterocycles. The maximum absolute atomic E-state index is 3.60. The number of benzene rings is 1. The van der Waals surface area contributed by atoms with E-state index in [9.17, 15) is 0 Å². The van der Waals surface area contributed by atoms with Crippen LogP contribution in [0.2, 0.25) is 0 Å². The summed E-state index contributed by atoms with van der Waals surface area (Å²) in [4.78, 5) is 2.51. The fourth-order valence-corrected chi connectivity index (χ4v) is 2.61. The first-order chi connectivity index (χ1) is 8.72. The van der Waals surface area contributed by atoms with Gasteiger partial charge in [0.2, 0.25) is 0 Å². The monoisotopic (exact) mass is 246 g/mol. The van der Waals surface area contributed by atoms with Gasteiger partial charge in [0, 0.05) is 18.6 Å². The van der Waals surface area contributed by atoms with Crippen molar-refractivity contribution in [3.05, 3.63) is 35.9 Å². The molecular weight excluding hydrogens is 220 g/mol. The van der Waals surface area contributed by atoms with Crippen LogP contribution in [0.1, 0.15) is 38.3 Å². The van der Waals surface area contributed by atoms with Crippen LogP contribution >= 0.6 is 0 Å². The summed E-state index contributed by atoms with van der Waals surface area (Å²) in [6.45, 7) is 6.66. The molecule has 2 heteroatoms. The van der Waals surface area contributed by atoms with Gasteiger partial charge in [0.1, 0.15) is 0 Å². The molecule has 1 aliphatic rings. The van der Waals surface area contributed by atoms with Gasteiger partial charge >= 0.3 is 0 Å². The van der Waals surface area contributed by atoms with Gasteiger partial charge in [-0.3, -0.25) is 0 Å². The number of nitrogens with one attached hydrogen (secondary N) is 1. The summed E-state index contributed by atoms with van der Waals surface area (Å²) in [5, 5.41) is 3.60. The quantitative estimate of drug-likeness (QED) is 0.795. The van der Waals surface area contributed by atoms with Crippen molar-refractivity contribution in [2.24, 2.45) is 5.92 Å². The fraction of sp³-hybridized carbons (Fsp3) is 0.625. The molecule has 100 valence electrons. The van der Waals surface area contributed by atoms with Crippen LogP contribution < -0.4 is 5.32 Å². The number of rotatable bonds is 7. The van der Waals surface area contributed by atoms with Gasteiger partial charge in [0.25, 0.3) is 0 Å². The highest BCUT2D eigenvalue weighted by Crippen LogP contribution is 2.35. The second-order valence-corrected chi connectivity index (χ2v) is 5.54. The molecule has 1 N–H and O–H groups in total. The van der Waals surface area contributed by atoms with Crippen molar-refractivity contribution in [2.75, 3.05) is 20.1 Å². The number of nitrogens with zero attached hydrogens (tertiary/aromatic N) is 1. The Morgan fingerprint density at radius 1 is 1.28 bits per heavy atom. The Balaban J connectivity index is 1.97. The molecule has 1 fully saturated rings. The van der Waals surface area contributed by atoms with E-state index in [4.69, 9.17) is 0 Å². The summed E-state index contributed by atoms with van der Waals surface area (Å²) in [5.74, 6) is 0.938. The zero-order valence-corrected chi connectivity index (χ0v) is 11.9. The average molecular weight is 246 g/mol. The van der Waals surface area contributed by atoms with Crippen molar-refractivity contribution in [1.29, 1.82) is 0 Å². The summed E-state index contributed by atoms with van der Waals surface area (Å²) >= 11 is 0. The Morgan fingerprint density at radius 3 is 2.50 bits per heavy atom. The maximum atomic E-state index is 3.60. The molecule has 2 atom stereocenters. The molecule has 0 amide bonds. The SMILES string of the molecule is CCNC(CN(C)C(C)C1CC1)c1ccccc1. The molecular formula is C16H26N2. The minimum absolute atomic E-state index is 0.447. The van der Waals surface area contributed by atoms with Crippen LogP contribution in [-0.2, 0) is 0 Å². The molecule has 1 aliphatic carbocycles. The number of hydrogen-bond acceptors (Lipinski definition) is 2. The summed E-state index contributed by atoms with van der Waals surface area (Å²) in [5.41, 5.74) is 1.40. The van der Waals surface area contributed by atoms with E-state index in [1.807, 2.05) is 0 Å². The maximum Gasteiger partial charge on any atom is 0.0449 e. The second kappa shape index (κ2) is 6.35. The number of likely N-dealkylation sites (N-methyl/N-ethyl adjacent to an activating group) is 2. The van der Waals surface area contributed by atoms with Gasteiger partial charge in [-0.15, -0.1) is 0 Å². The minimum atomic E-state index is 0.447. The third kappa shape index (κ3) is 3.56. The molecule has 1 aromatic carbocycles. The molecule has 0 spiro atoms. The van der Waals surface area contributed by atoms with Crippen LogP contribution in [0.25, 0.3) is 0 Å².